The van der Waals surface area contributed by atoms with E-state index < -0.39 is 5.97 Å². The van der Waals surface area contributed by atoms with Gasteiger partial charge in [-0.05, 0) is 32.9 Å². The van der Waals surface area contributed by atoms with Crippen LogP contribution in [0.2, 0.25) is 0 Å². The number of ether oxygens (including phenoxy) is 1. The number of amides is 2. The number of carboxylic acids is 1. The summed E-state index contributed by atoms with van der Waals surface area (Å²) in [6, 6.07) is -0.262. The number of carboxylic acid groups (broad SMARTS) is 1. The summed E-state index contributed by atoms with van der Waals surface area (Å²) in [4.78, 5) is 24.6. The second kappa shape index (κ2) is 9.57. The van der Waals surface area contributed by atoms with Crippen molar-refractivity contribution in [3.63, 3.8) is 0 Å². The van der Waals surface area contributed by atoms with Gasteiger partial charge in [-0.3, -0.25) is 4.79 Å². The Hall–Kier alpha value is -1.34. The number of nitrogens with zero attached hydrogens (tertiary/aromatic N) is 1. The molecule has 0 bridgehead atoms. The van der Waals surface area contributed by atoms with Gasteiger partial charge in [-0.15, -0.1) is 0 Å². The van der Waals surface area contributed by atoms with Gasteiger partial charge in [-0.2, -0.15) is 0 Å². The molecule has 1 aliphatic carbocycles. The Morgan fingerprint density at radius 2 is 2.00 bits per heavy atom. The summed E-state index contributed by atoms with van der Waals surface area (Å²) in [5.41, 5.74) is 0. The molecule has 2 amide bonds. The lowest BCUT2D eigenvalue weighted by atomic mass is 9.96. The van der Waals surface area contributed by atoms with Crippen LogP contribution in [0, 0.1) is 11.8 Å². The fourth-order valence-corrected chi connectivity index (χ4v) is 2.48. The van der Waals surface area contributed by atoms with E-state index in [1.165, 1.54) is 0 Å². The average Bonchev–Trinajstić information content (AvgIpc) is 2.88. The molecule has 1 fully saturated rings. The maximum atomic E-state index is 11.6. The first-order valence-corrected chi connectivity index (χ1v) is 7.47. The van der Waals surface area contributed by atoms with Crippen molar-refractivity contribution in [2.75, 3.05) is 46.9 Å². The monoisotopic (exact) mass is 301 g/mol. The fourth-order valence-electron chi connectivity index (χ4n) is 2.48. The zero-order chi connectivity index (χ0) is 15.7. The van der Waals surface area contributed by atoms with Crippen LogP contribution in [0.15, 0.2) is 0 Å². The summed E-state index contributed by atoms with van der Waals surface area (Å²) in [5, 5.41) is 14.5. The van der Waals surface area contributed by atoms with E-state index in [0.717, 1.165) is 19.4 Å². The lowest BCUT2D eigenvalue weighted by Gasteiger charge is -2.16. The fraction of sp³-hybridized carbons (Fsp3) is 0.857. The Kier molecular flexibility index (Phi) is 8.07. The zero-order valence-corrected chi connectivity index (χ0v) is 12.9. The predicted molar refractivity (Wildman–Crippen MR) is 79.2 cm³/mol. The largest absolute Gasteiger partial charge is 0.481 e. The lowest BCUT2D eigenvalue weighted by molar-refractivity contribution is -0.142. The van der Waals surface area contributed by atoms with Crippen molar-refractivity contribution in [3.8, 4) is 0 Å². The van der Waals surface area contributed by atoms with Crippen LogP contribution in [0.25, 0.3) is 0 Å². The maximum Gasteiger partial charge on any atom is 0.314 e. The molecule has 1 saturated carbocycles. The third-order valence-corrected chi connectivity index (χ3v) is 3.72. The highest BCUT2D eigenvalue weighted by molar-refractivity contribution is 5.74. The minimum atomic E-state index is -0.756. The molecular weight excluding hydrogens is 274 g/mol. The number of carbonyl (C=O) groups excluding carboxylic acids is 1. The van der Waals surface area contributed by atoms with Crippen molar-refractivity contribution >= 4 is 12.0 Å². The topological polar surface area (TPSA) is 90.9 Å². The number of hydrogen-bond donors (Lipinski definition) is 3. The van der Waals surface area contributed by atoms with Gasteiger partial charge in [0, 0.05) is 19.6 Å². The van der Waals surface area contributed by atoms with E-state index in [1.54, 1.807) is 0 Å². The quantitative estimate of drug-likeness (QED) is 0.535. The molecule has 0 aromatic heterocycles. The van der Waals surface area contributed by atoms with Crippen LogP contribution < -0.4 is 10.6 Å². The van der Waals surface area contributed by atoms with Crippen molar-refractivity contribution in [1.82, 2.24) is 15.5 Å². The van der Waals surface area contributed by atoms with Crippen LogP contribution in [0.3, 0.4) is 0 Å². The van der Waals surface area contributed by atoms with E-state index in [0.29, 0.717) is 32.7 Å². The summed E-state index contributed by atoms with van der Waals surface area (Å²) in [6.07, 6.45) is 2.50. The molecule has 0 aromatic rings. The van der Waals surface area contributed by atoms with Gasteiger partial charge in [0.25, 0.3) is 0 Å². The van der Waals surface area contributed by atoms with E-state index in [2.05, 4.69) is 10.6 Å². The number of urea groups is 1. The van der Waals surface area contributed by atoms with Crippen LogP contribution in [0.4, 0.5) is 4.79 Å². The Morgan fingerprint density at radius 1 is 1.24 bits per heavy atom. The average molecular weight is 301 g/mol. The van der Waals surface area contributed by atoms with E-state index >= 15 is 0 Å². The Morgan fingerprint density at radius 3 is 2.67 bits per heavy atom. The van der Waals surface area contributed by atoms with Gasteiger partial charge in [0.1, 0.15) is 0 Å². The molecule has 2 atom stereocenters. The number of carbonyl (C=O) groups is 2. The highest BCUT2D eigenvalue weighted by Gasteiger charge is 2.32. The van der Waals surface area contributed by atoms with Gasteiger partial charge in [0.05, 0.1) is 19.1 Å². The molecule has 0 heterocycles. The summed E-state index contributed by atoms with van der Waals surface area (Å²) >= 11 is 0. The third-order valence-electron chi connectivity index (χ3n) is 3.72. The molecule has 3 N–H and O–H groups in total. The molecule has 0 aromatic carbocycles. The van der Waals surface area contributed by atoms with E-state index in [1.807, 2.05) is 19.0 Å². The summed E-state index contributed by atoms with van der Waals surface area (Å²) in [6.45, 7) is 2.84. The van der Waals surface area contributed by atoms with Crippen molar-refractivity contribution in [2.24, 2.45) is 11.8 Å². The highest BCUT2D eigenvalue weighted by Crippen LogP contribution is 2.31. The van der Waals surface area contributed by atoms with Gasteiger partial charge in [-0.1, -0.05) is 6.42 Å². The first-order valence-electron chi connectivity index (χ1n) is 7.47. The number of rotatable bonds is 9. The van der Waals surface area contributed by atoms with Crippen molar-refractivity contribution in [2.45, 2.75) is 19.3 Å². The van der Waals surface area contributed by atoms with Crippen LogP contribution in [0.1, 0.15) is 19.3 Å². The molecule has 0 aliphatic heterocycles. The Labute approximate surface area is 126 Å². The van der Waals surface area contributed by atoms with Gasteiger partial charge < -0.3 is 25.4 Å². The second-order valence-electron chi connectivity index (χ2n) is 5.69. The minimum Gasteiger partial charge on any atom is -0.481 e. The molecule has 21 heavy (non-hydrogen) atoms. The second-order valence-corrected chi connectivity index (χ2v) is 5.69. The molecule has 1 aliphatic rings. The number of likely N-dealkylation sites (N-methyl/N-ethyl adjacent to an activating group) is 1. The first-order chi connectivity index (χ1) is 10.0. The summed E-state index contributed by atoms with van der Waals surface area (Å²) in [7, 11) is 3.95. The lowest BCUT2D eigenvalue weighted by Crippen LogP contribution is -2.41. The molecule has 0 radical (unpaired) electrons. The molecule has 1 rings (SSSR count). The standard InChI is InChI=1S/C14H27N3O4/c1-17(2)7-9-21-8-6-15-14(20)16-10-11-4-3-5-12(11)13(18)19/h11-12H,3-10H2,1-2H3,(H,18,19)(H2,15,16,20). The van der Waals surface area contributed by atoms with Crippen molar-refractivity contribution in [3.05, 3.63) is 0 Å². The molecule has 2 unspecified atom stereocenters. The minimum absolute atomic E-state index is 0.0459. The van der Waals surface area contributed by atoms with E-state index in [4.69, 9.17) is 9.84 Å². The van der Waals surface area contributed by atoms with Gasteiger partial charge in [0.2, 0.25) is 0 Å². The van der Waals surface area contributed by atoms with E-state index in [9.17, 15) is 9.59 Å². The van der Waals surface area contributed by atoms with Gasteiger partial charge in [0.15, 0.2) is 0 Å². The molecule has 0 spiro atoms. The smallest absolute Gasteiger partial charge is 0.314 e. The number of nitrogens with one attached hydrogen (secondary N) is 2. The molecule has 7 heteroatoms. The molecular formula is C14H27N3O4. The highest BCUT2D eigenvalue weighted by atomic mass is 16.5. The van der Waals surface area contributed by atoms with Gasteiger partial charge >= 0.3 is 12.0 Å². The third kappa shape index (κ3) is 7.29. The predicted octanol–water partition coefficient (Wildman–Crippen LogP) is 0.365. The van der Waals surface area contributed by atoms with E-state index in [-0.39, 0.29) is 17.9 Å². The van der Waals surface area contributed by atoms with Crippen molar-refractivity contribution in [1.29, 1.82) is 0 Å². The SMILES string of the molecule is CN(C)CCOCCNC(=O)NCC1CCCC1C(=O)O. The van der Waals surface area contributed by atoms with Crippen molar-refractivity contribution < 1.29 is 19.4 Å². The number of hydrogen-bond acceptors (Lipinski definition) is 4. The van der Waals surface area contributed by atoms with Crippen LogP contribution in [-0.4, -0.2) is 69.0 Å². The van der Waals surface area contributed by atoms with Gasteiger partial charge in [-0.25, -0.2) is 4.79 Å². The molecule has 0 saturated heterocycles. The Bertz CT molecular complexity index is 336. The number of aliphatic carboxylic acids is 1. The summed E-state index contributed by atoms with van der Waals surface area (Å²) < 4.78 is 5.36. The van der Waals surface area contributed by atoms with Crippen LogP contribution in [-0.2, 0) is 9.53 Å². The molecule has 7 nitrogen and oxygen atoms in total. The first kappa shape index (κ1) is 17.7. The Balaban J connectivity index is 2.05. The zero-order valence-electron chi connectivity index (χ0n) is 12.9. The van der Waals surface area contributed by atoms with Crippen LogP contribution in [0.5, 0.6) is 0 Å². The molecule has 122 valence electrons. The van der Waals surface area contributed by atoms with Crippen LogP contribution >= 0.6 is 0 Å². The maximum absolute atomic E-state index is 11.6. The normalized spacial score (nSPS) is 21.5. The summed E-state index contributed by atoms with van der Waals surface area (Å²) in [5.74, 6) is -1.03.